The summed E-state index contributed by atoms with van der Waals surface area (Å²) in [6.45, 7) is 3.75. The molecule has 2 aromatic rings. The van der Waals surface area contributed by atoms with Crippen LogP contribution < -0.4 is 5.01 Å². The van der Waals surface area contributed by atoms with Crippen LogP contribution in [0.25, 0.3) is 0 Å². The Hall–Kier alpha value is -2.76. The Kier molecular flexibility index (Phi) is 5.35. The highest BCUT2D eigenvalue weighted by Gasteiger charge is 2.54. The smallest absolute Gasteiger partial charge is 0.332 e. The molecule has 1 aliphatic heterocycles. The first-order valence-corrected chi connectivity index (χ1v) is 10.5. The summed E-state index contributed by atoms with van der Waals surface area (Å²) in [5, 5.41) is 16.7. The molecule has 1 fully saturated rings. The van der Waals surface area contributed by atoms with Crippen LogP contribution in [0.2, 0.25) is 0 Å². The van der Waals surface area contributed by atoms with Gasteiger partial charge in [0.25, 0.3) is 0 Å². The summed E-state index contributed by atoms with van der Waals surface area (Å²) in [4.78, 5) is 12.6. The van der Waals surface area contributed by atoms with Gasteiger partial charge in [-0.1, -0.05) is 31.9 Å². The van der Waals surface area contributed by atoms with Gasteiger partial charge in [-0.3, -0.25) is 0 Å². The second-order valence-corrected chi connectivity index (χ2v) is 8.43. The molecular weight excluding hydrogens is 386 g/mol. The zero-order valence-electron chi connectivity index (χ0n) is 17.2. The number of nitrogens with zero attached hydrogens (tertiary/aromatic N) is 2. The van der Waals surface area contributed by atoms with E-state index in [1.807, 2.05) is 0 Å². The highest BCUT2D eigenvalue weighted by molar-refractivity contribution is 6.09. The molecular formula is C24H26F2N2O2. The van der Waals surface area contributed by atoms with Crippen molar-refractivity contribution < 1.29 is 18.7 Å². The van der Waals surface area contributed by atoms with Crippen LogP contribution in [-0.2, 0) is 4.79 Å². The molecule has 4 rings (SSSR count). The Morgan fingerprint density at radius 1 is 1.17 bits per heavy atom. The first kappa shape index (κ1) is 20.5. The first-order chi connectivity index (χ1) is 14.4. The maximum atomic E-state index is 14.0. The van der Waals surface area contributed by atoms with Crippen LogP contribution in [0.15, 0.2) is 47.6 Å². The molecule has 1 aliphatic carbocycles. The van der Waals surface area contributed by atoms with Gasteiger partial charge in [-0.25, -0.2) is 18.6 Å². The third kappa shape index (κ3) is 3.48. The average Bonchev–Trinajstić information content (AvgIpc) is 3.52. The molecule has 1 heterocycles. The molecule has 2 aromatic carbocycles. The van der Waals surface area contributed by atoms with Gasteiger partial charge >= 0.3 is 5.97 Å². The first-order valence-electron chi connectivity index (χ1n) is 10.5. The minimum atomic E-state index is -1.32. The fourth-order valence-corrected chi connectivity index (χ4v) is 4.38. The lowest BCUT2D eigenvalue weighted by molar-refractivity contribution is -0.143. The summed E-state index contributed by atoms with van der Waals surface area (Å²) < 4.78 is 27.5. The van der Waals surface area contributed by atoms with Crippen LogP contribution in [0.5, 0.6) is 0 Å². The minimum Gasteiger partial charge on any atom is -0.479 e. The number of hydrazone groups is 1. The molecule has 2 aliphatic rings. The molecule has 0 amide bonds. The van der Waals surface area contributed by atoms with E-state index < -0.39 is 11.5 Å². The molecule has 0 aromatic heterocycles. The van der Waals surface area contributed by atoms with Crippen molar-refractivity contribution in [1.29, 1.82) is 0 Å². The van der Waals surface area contributed by atoms with Crippen molar-refractivity contribution in [1.82, 2.24) is 0 Å². The highest BCUT2D eigenvalue weighted by atomic mass is 19.1. The lowest BCUT2D eigenvalue weighted by Crippen LogP contribution is -2.53. The Bertz CT molecular complexity index is 985. The van der Waals surface area contributed by atoms with Gasteiger partial charge in [0.05, 0.1) is 11.4 Å². The third-order valence-electron chi connectivity index (χ3n) is 6.31. The number of hydrogen-bond acceptors (Lipinski definition) is 3. The van der Waals surface area contributed by atoms with E-state index in [0.29, 0.717) is 23.4 Å². The molecule has 0 saturated heterocycles. The number of carboxylic acids is 1. The van der Waals surface area contributed by atoms with E-state index >= 15 is 0 Å². The van der Waals surface area contributed by atoms with E-state index in [4.69, 9.17) is 5.10 Å². The number of aliphatic carboxylic acids is 1. The molecule has 2 atom stereocenters. The van der Waals surface area contributed by atoms with Gasteiger partial charge in [0.15, 0.2) is 5.54 Å². The zero-order valence-corrected chi connectivity index (χ0v) is 17.2. The molecule has 0 bridgehead atoms. The van der Waals surface area contributed by atoms with Crippen molar-refractivity contribution in [2.45, 2.75) is 57.4 Å². The highest BCUT2D eigenvalue weighted by Crippen LogP contribution is 2.49. The van der Waals surface area contributed by atoms with Crippen LogP contribution in [0.4, 0.5) is 14.5 Å². The van der Waals surface area contributed by atoms with Crippen molar-refractivity contribution in [2.24, 2.45) is 11.0 Å². The van der Waals surface area contributed by atoms with E-state index in [-0.39, 0.29) is 23.5 Å². The Morgan fingerprint density at radius 2 is 1.83 bits per heavy atom. The van der Waals surface area contributed by atoms with Gasteiger partial charge < -0.3 is 5.11 Å². The quantitative estimate of drug-likeness (QED) is 0.633. The zero-order chi connectivity index (χ0) is 21.5. The number of unbranched alkanes of at least 4 members (excludes halogenated alkanes) is 1. The van der Waals surface area contributed by atoms with Crippen molar-refractivity contribution in [2.75, 3.05) is 5.01 Å². The van der Waals surface area contributed by atoms with E-state index in [2.05, 4.69) is 6.92 Å². The van der Waals surface area contributed by atoms with Crippen LogP contribution in [0.1, 0.15) is 63.0 Å². The molecule has 1 N–H and O–H groups in total. The van der Waals surface area contributed by atoms with Crippen LogP contribution in [-0.4, -0.2) is 22.3 Å². The van der Waals surface area contributed by atoms with Crippen LogP contribution in [0.3, 0.4) is 0 Å². The van der Waals surface area contributed by atoms with E-state index in [1.165, 1.54) is 24.3 Å². The van der Waals surface area contributed by atoms with E-state index in [0.717, 1.165) is 31.2 Å². The Morgan fingerprint density at radius 3 is 2.43 bits per heavy atom. The lowest BCUT2D eigenvalue weighted by Gasteiger charge is -2.36. The Labute approximate surface area is 175 Å². The molecule has 30 heavy (non-hydrogen) atoms. The summed E-state index contributed by atoms with van der Waals surface area (Å²) in [6, 6.07) is 10.5. The van der Waals surface area contributed by atoms with Crippen molar-refractivity contribution in [3.8, 4) is 0 Å². The van der Waals surface area contributed by atoms with Crippen molar-refractivity contribution in [3.63, 3.8) is 0 Å². The molecule has 158 valence electrons. The SMILES string of the molecule is CCCCC1C(c2ccc(F)cc2)=NN(c2ccc(F)cc2C2CC2)C1(C)C(=O)O. The largest absolute Gasteiger partial charge is 0.479 e. The second kappa shape index (κ2) is 7.82. The van der Waals surface area contributed by atoms with Crippen LogP contribution >= 0.6 is 0 Å². The van der Waals surface area contributed by atoms with Crippen molar-refractivity contribution >= 4 is 17.4 Å². The topological polar surface area (TPSA) is 52.9 Å². The Balaban J connectivity index is 1.87. The summed E-state index contributed by atoms with van der Waals surface area (Å²) in [5.41, 5.74) is 1.48. The molecule has 6 heteroatoms. The van der Waals surface area contributed by atoms with E-state index in [9.17, 15) is 18.7 Å². The molecule has 0 radical (unpaired) electrons. The van der Waals surface area contributed by atoms with Gasteiger partial charge in [-0.15, -0.1) is 0 Å². The monoisotopic (exact) mass is 412 g/mol. The molecule has 2 unspecified atom stereocenters. The maximum absolute atomic E-state index is 14.0. The number of rotatable bonds is 7. The summed E-state index contributed by atoms with van der Waals surface area (Å²) in [6.07, 6.45) is 4.34. The minimum absolute atomic E-state index is 0.230. The van der Waals surface area contributed by atoms with Gasteiger partial charge in [-0.05, 0) is 73.6 Å². The predicted octanol–water partition coefficient (Wildman–Crippen LogP) is 5.72. The number of anilines is 1. The lowest BCUT2D eigenvalue weighted by atomic mass is 9.77. The number of benzene rings is 2. The molecule has 1 saturated carbocycles. The summed E-state index contributed by atoms with van der Waals surface area (Å²) in [5.74, 6) is -1.81. The second-order valence-electron chi connectivity index (χ2n) is 8.43. The number of carbonyl (C=O) groups is 1. The maximum Gasteiger partial charge on any atom is 0.332 e. The number of carboxylic acid groups (broad SMARTS) is 1. The number of halogens is 2. The van der Waals surface area contributed by atoms with Gasteiger partial charge in [0, 0.05) is 5.92 Å². The predicted molar refractivity (Wildman–Crippen MR) is 113 cm³/mol. The van der Waals surface area contributed by atoms with Gasteiger partial charge in [0.1, 0.15) is 11.6 Å². The van der Waals surface area contributed by atoms with Gasteiger partial charge in [0.2, 0.25) is 0 Å². The standard InChI is InChI=1S/C24H26F2N2O2/c1-3-4-5-20-22(16-8-10-17(25)11-9-16)27-28(24(20,2)23(29)30)21-13-12-18(26)14-19(21)15-6-7-15/h8-15,20H,3-7H2,1-2H3,(H,29,30). The van der Waals surface area contributed by atoms with Crippen molar-refractivity contribution in [3.05, 3.63) is 65.2 Å². The summed E-state index contributed by atoms with van der Waals surface area (Å²) in [7, 11) is 0. The fourth-order valence-electron chi connectivity index (χ4n) is 4.38. The average molecular weight is 412 g/mol. The third-order valence-corrected chi connectivity index (χ3v) is 6.31. The van der Waals surface area contributed by atoms with E-state index in [1.54, 1.807) is 30.1 Å². The van der Waals surface area contributed by atoms with Gasteiger partial charge in [-0.2, -0.15) is 5.10 Å². The fraction of sp³-hybridized carbons (Fsp3) is 0.417. The summed E-state index contributed by atoms with van der Waals surface area (Å²) >= 11 is 0. The molecule has 0 spiro atoms. The molecule has 4 nitrogen and oxygen atoms in total. The normalized spacial score (nSPS) is 23.5. The number of hydrogen-bond donors (Lipinski definition) is 1. The van der Waals surface area contributed by atoms with Crippen LogP contribution in [0, 0.1) is 17.6 Å².